The number of amides is 2. The Balaban J connectivity index is 2.09. The lowest BCUT2D eigenvalue weighted by Gasteiger charge is -2.21. The maximum absolute atomic E-state index is 11.7. The summed E-state index contributed by atoms with van der Waals surface area (Å²) in [6.45, 7) is 6.56. The highest BCUT2D eigenvalue weighted by atomic mass is 16.2. The van der Waals surface area contributed by atoms with E-state index < -0.39 is 0 Å². The third-order valence-corrected chi connectivity index (χ3v) is 2.96. The first-order valence-electron chi connectivity index (χ1n) is 6.37. The van der Waals surface area contributed by atoms with E-state index in [0.29, 0.717) is 13.1 Å². The molecule has 0 radical (unpaired) electrons. The fourth-order valence-electron chi connectivity index (χ4n) is 1.80. The van der Waals surface area contributed by atoms with Crippen LogP contribution in [0.2, 0.25) is 0 Å². The molecule has 98 valence electrons. The summed E-state index contributed by atoms with van der Waals surface area (Å²) >= 11 is 0. The molecule has 0 atom stereocenters. The van der Waals surface area contributed by atoms with Crippen LogP contribution >= 0.6 is 0 Å². The van der Waals surface area contributed by atoms with Crippen molar-refractivity contribution < 1.29 is 9.59 Å². The van der Waals surface area contributed by atoms with E-state index in [9.17, 15) is 9.59 Å². The quantitative estimate of drug-likeness (QED) is 0.587. The Bertz CT molecular complexity index is 260. The van der Waals surface area contributed by atoms with Crippen LogP contribution in [0.3, 0.4) is 0 Å². The number of hydrogen-bond donors (Lipinski definition) is 3. The zero-order valence-electron chi connectivity index (χ0n) is 10.7. The number of carbonyl (C=O) groups is 2. The second-order valence-corrected chi connectivity index (χ2v) is 4.76. The minimum atomic E-state index is -0.00452. The average molecular weight is 241 g/mol. The summed E-state index contributed by atoms with van der Waals surface area (Å²) in [5.41, 5.74) is 0. The average Bonchev–Trinajstić information content (AvgIpc) is 2.35. The zero-order chi connectivity index (χ0) is 12.7. The Morgan fingerprint density at radius 1 is 1.18 bits per heavy atom. The van der Waals surface area contributed by atoms with Gasteiger partial charge in [0.15, 0.2) is 0 Å². The summed E-state index contributed by atoms with van der Waals surface area (Å²) in [6, 6.07) is 0. The fourth-order valence-corrected chi connectivity index (χ4v) is 1.80. The van der Waals surface area contributed by atoms with Crippen molar-refractivity contribution in [3.05, 3.63) is 0 Å². The van der Waals surface area contributed by atoms with Crippen molar-refractivity contribution in [1.29, 1.82) is 0 Å². The van der Waals surface area contributed by atoms with Gasteiger partial charge < -0.3 is 16.0 Å². The molecule has 1 aliphatic rings. The molecule has 5 nitrogen and oxygen atoms in total. The minimum absolute atomic E-state index is 0.00452. The molecule has 1 rings (SSSR count). The summed E-state index contributed by atoms with van der Waals surface area (Å²) in [5, 5.41) is 8.87. The van der Waals surface area contributed by atoms with Crippen molar-refractivity contribution in [2.24, 2.45) is 11.8 Å². The SMILES string of the molecule is CC(C)C(=O)NCCNC(=O)C1CCNCC1. The predicted octanol–water partition coefficient (Wildman–Crippen LogP) is -0.126. The monoisotopic (exact) mass is 241 g/mol. The Kier molecular flexibility index (Phi) is 5.97. The van der Waals surface area contributed by atoms with E-state index in [2.05, 4.69) is 16.0 Å². The predicted molar refractivity (Wildman–Crippen MR) is 66.5 cm³/mol. The van der Waals surface area contributed by atoms with Crippen LogP contribution in [-0.4, -0.2) is 38.0 Å². The van der Waals surface area contributed by atoms with Gasteiger partial charge in [-0.25, -0.2) is 0 Å². The standard InChI is InChI=1S/C12H23N3O2/c1-9(2)11(16)14-7-8-15-12(17)10-3-5-13-6-4-10/h9-10,13H,3-8H2,1-2H3,(H,14,16)(H,15,17). The van der Waals surface area contributed by atoms with Gasteiger partial charge >= 0.3 is 0 Å². The van der Waals surface area contributed by atoms with E-state index in [1.807, 2.05) is 13.8 Å². The van der Waals surface area contributed by atoms with Crippen molar-refractivity contribution >= 4 is 11.8 Å². The molecule has 2 amide bonds. The van der Waals surface area contributed by atoms with Gasteiger partial charge in [-0.2, -0.15) is 0 Å². The van der Waals surface area contributed by atoms with E-state index in [4.69, 9.17) is 0 Å². The lowest BCUT2D eigenvalue weighted by atomic mass is 9.97. The largest absolute Gasteiger partial charge is 0.354 e. The summed E-state index contributed by atoms with van der Waals surface area (Å²) in [5.74, 6) is 0.276. The van der Waals surface area contributed by atoms with Gasteiger partial charge in [-0.1, -0.05) is 13.8 Å². The van der Waals surface area contributed by atoms with Crippen LogP contribution in [0.1, 0.15) is 26.7 Å². The van der Waals surface area contributed by atoms with Gasteiger partial charge in [0.1, 0.15) is 0 Å². The van der Waals surface area contributed by atoms with Gasteiger partial charge in [0.2, 0.25) is 11.8 Å². The third-order valence-electron chi connectivity index (χ3n) is 2.96. The van der Waals surface area contributed by atoms with Crippen LogP contribution in [0.25, 0.3) is 0 Å². The molecule has 1 saturated heterocycles. The Hall–Kier alpha value is -1.10. The lowest BCUT2D eigenvalue weighted by molar-refractivity contribution is -0.126. The summed E-state index contributed by atoms with van der Waals surface area (Å²) in [6.07, 6.45) is 1.81. The second-order valence-electron chi connectivity index (χ2n) is 4.76. The molecule has 0 aromatic heterocycles. The molecule has 1 aliphatic heterocycles. The smallest absolute Gasteiger partial charge is 0.223 e. The molecule has 17 heavy (non-hydrogen) atoms. The van der Waals surface area contributed by atoms with Crippen molar-refractivity contribution in [1.82, 2.24) is 16.0 Å². The molecular weight excluding hydrogens is 218 g/mol. The van der Waals surface area contributed by atoms with E-state index >= 15 is 0 Å². The van der Waals surface area contributed by atoms with Gasteiger partial charge in [-0.05, 0) is 25.9 Å². The number of piperidine rings is 1. The molecule has 1 fully saturated rings. The van der Waals surface area contributed by atoms with Crippen molar-refractivity contribution in [3.63, 3.8) is 0 Å². The van der Waals surface area contributed by atoms with Crippen LogP contribution in [0, 0.1) is 11.8 Å². The molecule has 0 saturated carbocycles. The Labute approximate surface area is 103 Å². The molecule has 0 aromatic rings. The first-order chi connectivity index (χ1) is 8.11. The van der Waals surface area contributed by atoms with Gasteiger partial charge in [-0.15, -0.1) is 0 Å². The Morgan fingerprint density at radius 3 is 2.35 bits per heavy atom. The minimum Gasteiger partial charge on any atom is -0.354 e. The van der Waals surface area contributed by atoms with Crippen molar-refractivity contribution in [2.75, 3.05) is 26.2 Å². The van der Waals surface area contributed by atoms with E-state index in [1.54, 1.807) is 0 Å². The van der Waals surface area contributed by atoms with Crippen LogP contribution in [0.15, 0.2) is 0 Å². The van der Waals surface area contributed by atoms with Crippen LogP contribution in [0.4, 0.5) is 0 Å². The van der Waals surface area contributed by atoms with E-state index in [0.717, 1.165) is 25.9 Å². The van der Waals surface area contributed by atoms with E-state index in [1.165, 1.54) is 0 Å². The number of rotatable bonds is 5. The summed E-state index contributed by atoms with van der Waals surface area (Å²) < 4.78 is 0. The zero-order valence-corrected chi connectivity index (χ0v) is 10.7. The Morgan fingerprint density at radius 2 is 1.76 bits per heavy atom. The van der Waals surface area contributed by atoms with Gasteiger partial charge in [0, 0.05) is 24.9 Å². The molecule has 1 heterocycles. The summed E-state index contributed by atoms with van der Waals surface area (Å²) in [7, 11) is 0. The van der Waals surface area contributed by atoms with Crippen molar-refractivity contribution in [3.8, 4) is 0 Å². The molecule has 5 heteroatoms. The molecular formula is C12H23N3O2. The highest BCUT2D eigenvalue weighted by Gasteiger charge is 2.20. The lowest BCUT2D eigenvalue weighted by Crippen LogP contribution is -2.41. The molecule has 3 N–H and O–H groups in total. The number of hydrogen-bond acceptors (Lipinski definition) is 3. The molecule has 0 aliphatic carbocycles. The van der Waals surface area contributed by atoms with Crippen LogP contribution < -0.4 is 16.0 Å². The topological polar surface area (TPSA) is 70.2 Å². The fraction of sp³-hybridized carbons (Fsp3) is 0.833. The van der Waals surface area contributed by atoms with Crippen LogP contribution in [-0.2, 0) is 9.59 Å². The molecule has 0 bridgehead atoms. The normalized spacial score (nSPS) is 16.9. The van der Waals surface area contributed by atoms with Gasteiger partial charge in [0.25, 0.3) is 0 Å². The first-order valence-corrected chi connectivity index (χ1v) is 6.37. The molecule has 0 spiro atoms. The number of nitrogens with one attached hydrogen (secondary N) is 3. The van der Waals surface area contributed by atoms with Gasteiger partial charge in [0.05, 0.1) is 0 Å². The molecule has 0 unspecified atom stereocenters. The maximum Gasteiger partial charge on any atom is 0.223 e. The number of carbonyl (C=O) groups excluding carboxylic acids is 2. The van der Waals surface area contributed by atoms with E-state index in [-0.39, 0.29) is 23.7 Å². The van der Waals surface area contributed by atoms with Crippen molar-refractivity contribution in [2.45, 2.75) is 26.7 Å². The third kappa shape index (κ3) is 5.17. The molecule has 0 aromatic carbocycles. The second kappa shape index (κ2) is 7.27. The van der Waals surface area contributed by atoms with Gasteiger partial charge in [-0.3, -0.25) is 9.59 Å². The highest BCUT2D eigenvalue weighted by molar-refractivity contribution is 5.79. The maximum atomic E-state index is 11.7. The first kappa shape index (κ1) is 14.0. The van der Waals surface area contributed by atoms with Crippen LogP contribution in [0.5, 0.6) is 0 Å². The summed E-state index contributed by atoms with van der Waals surface area (Å²) in [4.78, 5) is 23.0. The highest BCUT2D eigenvalue weighted by Crippen LogP contribution is 2.10.